The molecule has 31 heavy (non-hydrogen) atoms. The summed E-state index contributed by atoms with van der Waals surface area (Å²) in [5.74, 6) is -1.07. The van der Waals surface area contributed by atoms with Crippen molar-refractivity contribution in [3.05, 3.63) is 92.0 Å². The third kappa shape index (κ3) is 4.64. The van der Waals surface area contributed by atoms with Crippen molar-refractivity contribution in [3.63, 3.8) is 0 Å². The fraction of sp³-hybridized carbons (Fsp3) is 0.208. The van der Waals surface area contributed by atoms with Gasteiger partial charge in [-0.05, 0) is 67.3 Å². The first kappa shape index (κ1) is 21.8. The molecular formula is C24H21FN2O4. The van der Waals surface area contributed by atoms with Crippen molar-refractivity contribution in [2.45, 2.75) is 27.3 Å². The Morgan fingerprint density at radius 3 is 2.32 bits per heavy atom. The van der Waals surface area contributed by atoms with Crippen LogP contribution in [0.2, 0.25) is 0 Å². The van der Waals surface area contributed by atoms with Gasteiger partial charge in [-0.2, -0.15) is 5.26 Å². The number of hydrogen-bond donors (Lipinski definition) is 1. The molecule has 0 radical (unpaired) electrons. The normalized spacial score (nSPS) is 10.5. The minimum atomic E-state index is -0.728. The number of nitriles is 1. The number of ketones is 1. The summed E-state index contributed by atoms with van der Waals surface area (Å²) in [5.41, 5.74) is 1.44. The molecule has 0 atom stereocenters. The predicted octanol–water partition coefficient (Wildman–Crippen LogP) is 3.80. The lowest BCUT2D eigenvalue weighted by Gasteiger charge is -2.16. The molecule has 0 fully saturated rings. The topological polar surface area (TPSA) is 92.3 Å². The Bertz CT molecular complexity index is 1230. The van der Waals surface area contributed by atoms with Gasteiger partial charge >= 0.3 is 0 Å². The number of hydrogen-bond acceptors (Lipinski definition) is 5. The molecule has 0 saturated heterocycles. The zero-order chi connectivity index (χ0) is 22.7. The standard InChI is InChI=1S/C24H21FN2O4/c1-14-8-15(2)10-19(9-14)31-13-21(28)22-16(3)20(11-26)23(29)27(24(22)30)12-17-4-6-18(25)7-5-17/h4-10,30H,12-13H2,1-3H3. The van der Waals surface area contributed by atoms with E-state index in [4.69, 9.17) is 4.74 Å². The van der Waals surface area contributed by atoms with Gasteiger partial charge in [0.1, 0.15) is 23.2 Å². The number of halogens is 1. The van der Waals surface area contributed by atoms with Crippen LogP contribution in [-0.2, 0) is 6.54 Å². The molecule has 3 rings (SSSR count). The van der Waals surface area contributed by atoms with Crippen LogP contribution in [0, 0.1) is 37.9 Å². The zero-order valence-electron chi connectivity index (χ0n) is 17.4. The Balaban J connectivity index is 1.98. The fourth-order valence-corrected chi connectivity index (χ4v) is 3.44. The molecule has 0 aliphatic rings. The second-order valence-corrected chi connectivity index (χ2v) is 7.36. The number of carbonyl (C=O) groups excluding carboxylic acids is 1. The second kappa shape index (κ2) is 8.84. The van der Waals surface area contributed by atoms with Crippen molar-refractivity contribution in [2.24, 2.45) is 0 Å². The van der Waals surface area contributed by atoms with E-state index in [1.807, 2.05) is 26.0 Å². The van der Waals surface area contributed by atoms with Gasteiger partial charge in [-0.3, -0.25) is 14.2 Å². The summed E-state index contributed by atoms with van der Waals surface area (Å²) in [6.07, 6.45) is 0. The smallest absolute Gasteiger partial charge is 0.271 e. The third-order valence-corrected chi connectivity index (χ3v) is 4.90. The summed E-state index contributed by atoms with van der Waals surface area (Å²) >= 11 is 0. The zero-order valence-corrected chi connectivity index (χ0v) is 17.4. The number of carbonyl (C=O) groups is 1. The summed E-state index contributed by atoms with van der Waals surface area (Å²) < 4.78 is 19.7. The molecule has 0 aliphatic heterocycles. The molecule has 0 amide bonds. The van der Waals surface area contributed by atoms with E-state index in [0.717, 1.165) is 15.7 Å². The number of aromatic nitrogens is 1. The van der Waals surface area contributed by atoms with Crippen LogP contribution in [0.5, 0.6) is 11.6 Å². The number of pyridine rings is 1. The summed E-state index contributed by atoms with van der Waals surface area (Å²) in [6.45, 7) is 4.74. The molecule has 7 heteroatoms. The first-order valence-electron chi connectivity index (χ1n) is 9.56. The molecule has 0 saturated carbocycles. The molecule has 1 N–H and O–H groups in total. The molecule has 1 heterocycles. The average Bonchev–Trinajstić information content (AvgIpc) is 2.71. The first-order valence-corrected chi connectivity index (χ1v) is 9.56. The lowest BCUT2D eigenvalue weighted by molar-refractivity contribution is 0.0916. The summed E-state index contributed by atoms with van der Waals surface area (Å²) in [6, 6.07) is 12.7. The molecule has 0 bridgehead atoms. The minimum absolute atomic E-state index is 0.0920. The molecule has 2 aromatic carbocycles. The van der Waals surface area contributed by atoms with E-state index >= 15 is 0 Å². The van der Waals surface area contributed by atoms with E-state index < -0.39 is 23.0 Å². The van der Waals surface area contributed by atoms with Crippen molar-refractivity contribution < 1.29 is 19.0 Å². The number of aromatic hydroxyl groups is 1. The quantitative estimate of drug-likeness (QED) is 0.613. The highest BCUT2D eigenvalue weighted by atomic mass is 19.1. The van der Waals surface area contributed by atoms with Gasteiger partial charge in [-0.15, -0.1) is 0 Å². The molecule has 0 aliphatic carbocycles. The number of nitrogens with zero attached hydrogens (tertiary/aromatic N) is 2. The highest BCUT2D eigenvalue weighted by Gasteiger charge is 2.24. The average molecular weight is 420 g/mol. The first-order chi connectivity index (χ1) is 14.7. The maximum Gasteiger partial charge on any atom is 0.271 e. The van der Waals surface area contributed by atoms with Crippen LogP contribution in [0.3, 0.4) is 0 Å². The van der Waals surface area contributed by atoms with Gasteiger partial charge < -0.3 is 9.84 Å². The van der Waals surface area contributed by atoms with Gasteiger partial charge in [0.15, 0.2) is 6.61 Å². The molecule has 0 spiro atoms. The maximum atomic E-state index is 13.2. The Hall–Kier alpha value is -3.92. The lowest BCUT2D eigenvalue weighted by atomic mass is 10.0. The van der Waals surface area contributed by atoms with E-state index in [1.165, 1.54) is 31.2 Å². The van der Waals surface area contributed by atoms with Gasteiger partial charge in [0.05, 0.1) is 12.1 Å². The van der Waals surface area contributed by atoms with Crippen LogP contribution >= 0.6 is 0 Å². The van der Waals surface area contributed by atoms with Crippen LogP contribution in [-0.4, -0.2) is 22.1 Å². The number of benzene rings is 2. The highest BCUT2D eigenvalue weighted by Crippen LogP contribution is 2.24. The molecule has 3 aromatic rings. The SMILES string of the molecule is Cc1cc(C)cc(OCC(=O)c2c(C)c(C#N)c(=O)n(Cc3ccc(F)cc3)c2O)c1. The maximum absolute atomic E-state index is 13.2. The van der Waals surface area contributed by atoms with Crippen molar-refractivity contribution in [3.8, 4) is 17.7 Å². The van der Waals surface area contributed by atoms with Crippen LogP contribution in [0.1, 0.15) is 38.2 Å². The predicted molar refractivity (Wildman–Crippen MR) is 113 cm³/mol. The van der Waals surface area contributed by atoms with E-state index in [2.05, 4.69) is 0 Å². The highest BCUT2D eigenvalue weighted by molar-refractivity contribution is 6.01. The van der Waals surface area contributed by atoms with Gasteiger partial charge in [-0.25, -0.2) is 4.39 Å². The fourth-order valence-electron chi connectivity index (χ4n) is 3.44. The Kier molecular flexibility index (Phi) is 6.21. The molecule has 1 aromatic heterocycles. The van der Waals surface area contributed by atoms with Gasteiger partial charge in [0, 0.05) is 0 Å². The molecule has 158 valence electrons. The summed E-state index contributed by atoms with van der Waals surface area (Å²) in [7, 11) is 0. The Morgan fingerprint density at radius 1 is 1.13 bits per heavy atom. The van der Waals surface area contributed by atoms with Crippen molar-refractivity contribution in [1.82, 2.24) is 4.57 Å². The van der Waals surface area contributed by atoms with Crippen LogP contribution in [0.15, 0.2) is 47.3 Å². The van der Waals surface area contributed by atoms with Gasteiger partial charge in [0.2, 0.25) is 11.7 Å². The molecular weight excluding hydrogens is 399 g/mol. The van der Waals surface area contributed by atoms with Gasteiger partial charge in [-0.1, -0.05) is 18.2 Å². The Morgan fingerprint density at radius 2 is 1.74 bits per heavy atom. The number of rotatable bonds is 6. The molecule has 0 unspecified atom stereocenters. The second-order valence-electron chi connectivity index (χ2n) is 7.36. The van der Waals surface area contributed by atoms with Crippen molar-refractivity contribution >= 4 is 5.78 Å². The van der Waals surface area contributed by atoms with Crippen LogP contribution < -0.4 is 10.3 Å². The summed E-state index contributed by atoms with van der Waals surface area (Å²) in [4.78, 5) is 25.6. The van der Waals surface area contributed by atoms with Gasteiger partial charge in [0.25, 0.3) is 5.56 Å². The van der Waals surface area contributed by atoms with Crippen LogP contribution in [0.4, 0.5) is 4.39 Å². The lowest BCUT2D eigenvalue weighted by Crippen LogP contribution is -2.28. The summed E-state index contributed by atoms with van der Waals surface area (Å²) in [5, 5.41) is 20.2. The van der Waals surface area contributed by atoms with E-state index in [1.54, 1.807) is 12.1 Å². The number of aryl methyl sites for hydroxylation is 2. The van der Waals surface area contributed by atoms with Crippen molar-refractivity contribution in [1.29, 1.82) is 5.26 Å². The van der Waals surface area contributed by atoms with Crippen molar-refractivity contribution in [2.75, 3.05) is 6.61 Å². The number of ether oxygens (including phenoxy) is 1. The Labute approximate surface area is 178 Å². The number of Topliss-reactive ketones (excluding diaryl/α,β-unsaturated/α-hetero) is 1. The minimum Gasteiger partial charge on any atom is -0.494 e. The van der Waals surface area contributed by atoms with Crippen LogP contribution in [0.25, 0.3) is 0 Å². The third-order valence-electron chi connectivity index (χ3n) is 4.90. The largest absolute Gasteiger partial charge is 0.494 e. The van der Waals surface area contributed by atoms with E-state index in [9.17, 15) is 24.3 Å². The van der Waals surface area contributed by atoms with E-state index in [0.29, 0.717) is 11.3 Å². The monoisotopic (exact) mass is 420 g/mol. The van der Waals surface area contributed by atoms with E-state index in [-0.39, 0.29) is 29.8 Å². The molecule has 6 nitrogen and oxygen atoms in total.